The fourth-order valence-corrected chi connectivity index (χ4v) is 1.85. The van der Waals surface area contributed by atoms with E-state index in [1.165, 1.54) is 19.3 Å². The molecule has 0 heterocycles. The molecule has 0 radical (unpaired) electrons. The third-order valence-corrected chi connectivity index (χ3v) is 3.16. The number of halogens is 1. The lowest BCUT2D eigenvalue weighted by atomic mass is 9.87. The number of hydrogen-bond acceptors (Lipinski definition) is 0. The summed E-state index contributed by atoms with van der Waals surface area (Å²) in [6.07, 6.45) is 3.88. The van der Waals surface area contributed by atoms with E-state index in [9.17, 15) is 0 Å². The van der Waals surface area contributed by atoms with Gasteiger partial charge in [0.1, 0.15) is 0 Å². The second-order valence-corrected chi connectivity index (χ2v) is 4.58. The predicted octanol–water partition coefficient (Wildman–Crippen LogP) is 4.32. The lowest BCUT2D eigenvalue weighted by Crippen LogP contribution is -2.13. The zero-order valence-corrected chi connectivity index (χ0v) is 9.69. The smallest absolute Gasteiger partial charge is 0.0254 e. The van der Waals surface area contributed by atoms with Crippen molar-refractivity contribution < 1.29 is 0 Å². The Kier molecular flexibility index (Phi) is 6.93. The van der Waals surface area contributed by atoms with Crippen molar-refractivity contribution in [3.63, 3.8) is 0 Å². The highest BCUT2D eigenvalue weighted by molar-refractivity contribution is 6.18. The molecule has 0 fully saturated rings. The Morgan fingerprint density at radius 2 is 1.67 bits per heavy atom. The van der Waals surface area contributed by atoms with Crippen molar-refractivity contribution in [2.24, 2.45) is 17.8 Å². The van der Waals surface area contributed by atoms with Crippen LogP contribution in [0.15, 0.2) is 0 Å². The minimum Gasteiger partial charge on any atom is -0.126 e. The summed E-state index contributed by atoms with van der Waals surface area (Å²) in [4.78, 5) is 0. The van der Waals surface area contributed by atoms with Crippen molar-refractivity contribution in [2.75, 3.05) is 5.88 Å². The number of alkyl halides is 1. The molecule has 2 atom stereocenters. The second-order valence-electron chi connectivity index (χ2n) is 4.27. The maximum Gasteiger partial charge on any atom is 0.0254 e. The van der Waals surface area contributed by atoms with Gasteiger partial charge in [-0.2, -0.15) is 0 Å². The van der Waals surface area contributed by atoms with Crippen molar-refractivity contribution >= 4 is 11.6 Å². The molecule has 1 heteroatoms. The van der Waals surface area contributed by atoms with Crippen LogP contribution in [-0.4, -0.2) is 5.88 Å². The summed E-state index contributed by atoms with van der Waals surface area (Å²) in [7, 11) is 0. The highest BCUT2D eigenvalue weighted by Gasteiger charge is 2.14. The standard InChI is InChI=1S/C11H23Cl/c1-5-10(4)11(8-12)7-6-9(2)3/h9-11H,5-8H2,1-4H3. The van der Waals surface area contributed by atoms with E-state index in [0.29, 0.717) is 0 Å². The van der Waals surface area contributed by atoms with Gasteiger partial charge in [-0.15, -0.1) is 11.6 Å². The normalized spacial score (nSPS) is 16.5. The van der Waals surface area contributed by atoms with E-state index in [1.54, 1.807) is 0 Å². The van der Waals surface area contributed by atoms with Crippen LogP contribution in [0.5, 0.6) is 0 Å². The Balaban J connectivity index is 3.67. The van der Waals surface area contributed by atoms with Crippen molar-refractivity contribution in [1.82, 2.24) is 0 Å². The van der Waals surface area contributed by atoms with E-state index in [4.69, 9.17) is 11.6 Å². The fourth-order valence-electron chi connectivity index (χ4n) is 1.39. The second kappa shape index (κ2) is 6.77. The summed E-state index contributed by atoms with van der Waals surface area (Å²) in [5.41, 5.74) is 0. The first-order valence-corrected chi connectivity index (χ1v) is 5.71. The molecule has 0 bridgehead atoms. The highest BCUT2D eigenvalue weighted by Crippen LogP contribution is 2.23. The van der Waals surface area contributed by atoms with Crippen molar-refractivity contribution in [1.29, 1.82) is 0 Å². The van der Waals surface area contributed by atoms with Crippen LogP contribution in [-0.2, 0) is 0 Å². The average Bonchev–Trinajstić information content (AvgIpc) is 2.04. The van der Waals surface area contributed by atoms with E-state index in [-0.39, 0.29) is 0 Å². The van der Waals surface area contributed by atoms with Crippen LogP contribution in [0.3, 0.4) is 0 Å². The maximum absolute atomic E-state index is 5.92. The van der Waals surface area contributed by atoms with E-state index in [1.807, 2.05) is 0 Å². The molecule has 0 saturated carbocycles. The van der Waals surface area contributed by atoms with Crippen molar-refractivity contribution in [2.45, 2.75) is 47.0 Å². The zero-order valence-electron chi connectivity index (χ0n) is 8.94. The van der Waals surface area contributed by atoms with Crippen molar-refractivity contribution in [3.05, 3.63) is 0 Å². The molecule has 12 heavy (non-hydrogen) atoms. The topological polar surface area (TPSA) is 0 Å². The molecule has 0 aliphatic rings. The summed E-state index contributed by atoms with van der Waals surface area (Å²) in [5.74, 6) is 3.18. The molecule has 0 rings (SSSR count). The van der Waals surface area contributed by atoms with Gasteiger partial charge in [0.15, 0.2) is 0 Å². The maximum atomic E-state index is 5.92. The Hall–Kier alpha value is 0.290. The summed E-state index contributed by atoms with van der Waals surface area (Å²) in [5, 5.41) is 0. The van der Waals surface area contributed by atoms with Crippen LogP contribution in [0.2, 0.25) is 0 Å². The molecular weight excluding hydrogens is 168 g/mol. The van der Waals surface area contributed by atoms with Gasteiger partial charge in [-0.1, -0.05) is 40.5 Å². The molecule has 0 nitrogen and oxygen atoms in total. The molecule has 0 amide bonds. The highest BCUT2D eigenvalue weighted by atomic mass is 35.5. The van der Waals surface area contributed by atoms with Gasteiger partial charge in [0.25, 0.3) is 0 Å². The lowest BCUT2D eigenvalue weighted by Gasteiger charge is -2.21. The molecule has 0 aromatic rings. The first-order valence-electron chi connectivity index (χ1n) is 5.17. The first-order chi connectivity index (χ1) is 5.61. The van der Waals surface area contributed by atoms with E-state index in [2.05, 4.69) is 27.7 Å². The molecule has 0 aliphatic carbocycles. The van der Waals surface area contributed by atoms with Crippen LogP contribution in [0.4, 0.5) is 0 Å². The molecule has 0 saturated heterocycles. The van der Waals surface area contributed by atoms with Crippen LogP contribution < -0.4 is 0 Å². The molecule has 0 aromatic heterocycles. The lowest BCUT2D eigenvalue weighted by molar-refractivity contribution is 0.333. The minimum absolute atomic E-state index is 0.735. The van der Waals surface area contributed by atoms with Gasteiger partial charge in [-0.25, -0.2) is 0 Å². The summed E-state index contributed by atoms with van der Waals surface area (Å²) < 4.78 is 0. The average molecular weight is 191 g/mol. The van der Waals surface area contributed by atoms with Gasteiger partial charge in [-0.05, 0) is 24.2 Å². The van der Waals surface area contributed by atoms with E-state index < -0.39 is 0 Å². The Morgan fingerprint density at radius 1 is 1.08 bits per heavy atom. The van der Waals surface area contributed by atoms with Gasteiger partial charge >= 0.3 is 0 Å². The van der Waals surface area contributed by atoms with E-state index >= 15 is 0 Å². The van der Waals surface area contributed by atoms with E-state index in [0.717, 1.165) is 23.6 Å². The minimum atomic E-state index is 0.735. The van der Waals surface area contributed by atoms with Crippen LogP contribution in [0.1, 0.15) is 47.0 Å². The zero-order chi connectivity index (χ0) is 9.56. The van der Waals surface area contributed by atoms with Gasteiger partial charge in [0.05, 0.1) is 0 Å². The molecule has 0 N–H and O–H groups in total. The molecule has 74 valence electrons. The summed E-state index contributed by atoms with van der Waals surface area (Å²) in [6, 6.07) is 0. The Labute approximate surface area is 82.7 Å². The molecule has 0 aliphatic heterocycles. The summed E-state index contributed by atoms with van der Waals surface area (Å²) in [6.45, 7) is 9.12. The largest absolute Gasteiger partial charge is 0.126 e. The Bertz CT molecular complexity index is 99.2. The molecule has 0 aromatic carbocycles. The molecule has 2 unspecified atom stereocenters. The van der Waals surface area contributed by atoms with Crippen molar-refractivity contribution in [3.8, 4) is 0 Å². The quantitative estimate of drug-likeness (QED) is 0.548. The molecular formula is C11H23Cl. The van der Waals surface area contributed by atoms with Gasteiger partial charge in [-0.3, -0.25) is 0 Å². The summed E-state index contributed by atoms with van der Waals surface area (Å²) >= 11 is 5.92. The number of hydrogen-bond donors (Lipinski definition) is 0. The van der Waals surface area contributed by atoms with Gasteiger partial charge < -0.3 is 0 Å². The predicted molar refractivity (Wildman–Crippen MR) is 57.7 cm³/mol. The van der Waals surface area contributed by atoms with Crippen LogP contribution in [0, 0.1) is 17.8 Å². The van der Waals surface area contributed by atoms with Crippen LogP contribution in [0.25, 0.3) is 0 Å². The third-order valence-electron chi connectivity index (χ3n) is 2.76. The third kappa shape index (κ3) is 5.03. The van der Waals surface area contributed by atoms with Crippen LogP contribution >= 0.6 is 11.6 Å². The SMILES string of the molecule is CCC(C)C(CCl)CCC(C)C. The Morgan fingerprint density at radius 3 is 2.00 bits per heavy atom. The fraction of sp³-hybridized carbons (Fsp3) is 1.00. The first kappa shape index (κ1) is 12.3. The van der Waals surface area contributed by atoms with Gasteiger partial charge in [0.2, 0.25) is 0 Å². The molecule has 0 spiro atoms. The monoisotopic (exact) mass is 190 g/mol. The number of rotatable bonds is 6. The van der Waals surface area contributed by atoms with Gasteiger partial charge in [0, 0.05) is 5.88 Å².